The molecule has 0 aliphatic carbocycles. The van der Waals surface area contributed by atoms with Crippen molar-refractivity contribution in [2.75, 3.05) is 24.3 Å². The van der Waals surface area contributed by atoms with Crippen molar-refractivity contribution in [3.05, 3.63) is 59.5 Å². The van der Waals surface area contributed by atoms with E-state index in [2.05, 4.69) is 26.0 Å². The van der Waals surface area contributed by atoms with Crippen LogP contribution >= 0.6 is 0 Å². The van der Waals surface area contributed by atoms with Gasteiger partial charge in [-0.1, -0.05) is 17.3 Å². The molecule has 1 amide bonds. The highest BCUT2D eigenvalue weighted by molar-refractivity contribution is 6.02. The maximum absolute atomic E-state index is 12.1. The third kappa shape index (κ3) is 4.56. The molecule has 0 unspecified atom stereocenters. The maximum Gasteiger partial charge on any atom is 0.277 e. The molecule has 0 saturated carbocycles. The molecule has 2 N–H and O–H groups in total. The number of amides is 1. The van der Waals surface area contributed by atoms with Crippen molar-refractivity contribution in [1.82, 2.24) is 15.4 Å². The second-order valence-corrected chi connectivity index (χ2v) is 5.61. The molecule has 8 heteroatoms. The van der Waals surface area contributed by atoms with Crippen molar-refractivity contribution >= 4 is 17.5 Å². The number of anilines is 2. The Bertz CT molecular complexity index is 877. The lowest BCUT2D eigenvalue weighted by Gasteiger charge is -2.07. The van der Waals surface area contributed by atoms with Gasteiger partial charge in [0.2, 0.25) is 0 Å². The van der Waals surface area contributed by atoms with Crippen molar-refractivity contribution in [3.8, 4) is 5.75 Å². The van der Waals surface area contributed by atoms with Gasteiger partial charge < -0.3 is 19.9 Å². The average molecular weight is 353 g/mol. The number of carbonyl (C=O) groups is 1. The minimum absolute atomic E-state index is 0.198. The minimum Gasteiger partial charge on any atom is -0.497 e. The molecule has 0 radical (unpaired) electrons. The van der Waals surface area contributed by atoms with Gasteiger partial charge in [0, 0.05) is 12.6 Å². The first-order valence-electron chi connectivity index (χ1n) is 8.09. The number of carbonyl (C=O) groups excluding carboxylic acids is 1. The average Bonchev–Trinajstić information content (AvgIpc) is 3.07. The number of nitrogens with one attached hydrogen (secondary N) is 2. The molecule has 2 heterocycles. The molecule has 0 saturated heterocycles. The lowest BCUT2D eigenvalue weighted by molar-refractivity contribution is 0.102. The van der Waals surface area contributed by atoms with Gasteiger partial charge in [-0.15, -0.1) is 10.2 Å². The van der Waals surface area contributed by atoms with E-state index in [1.807, 2.05) is 24.3 Å². The standard InChI is InChI=1S/C18H19N5O3/c1-12-10-17(23-26-12)20-18(24)15-6-7-16(22-21-15)19-9-8-13-4-3-5-14(11-13)25-2/h3-7,10-11H,8-9H2,1-2H3,(H,19,22)(H,20,23,24). The number of aryl methyl sites for hydroxylation is 1. The molecule has 8 nitrogen and oxygen atoms in total. The number of aromatic nitrogens is 3. The Morgan fingerprint density at radius 2 is 2.04 bits per heavy atom. The van der Waals surface area contributed by atoms with Crippen molar-refractivity contribution in [1.29, 1.82) is 0 Å². The summed E-state index contributed by atoms with van der Waals surface area (Å²) in [6.45, 7) is 2.43. The highest BCUT2D eigenvalue weighted by atomic mass is 16.5. The summed E-state index contributed by atoms with van der Waals surface area (Å²) in [5.41, 5.74) is 1.35. The molecule has 0 fully saturated rings. The van der Waals surface area contributed by atoms with E-state index in [-0.39, 0.29) is 5.69 Å². The molecule has 2 aromatic heterocycles. The Kier molecular flexibility index (Phi) is 5.43. The van der Waals surface area contributed by atoms with Crippen molar-refractivity contribution in [2.24, 2.45) is 0 Å². The van der Waals surface area contributed by atoms with Gasteiger partial charge >= 0.3 is 0 Å². The van der Waals surface area contributed by atoms with Crippen LogP contribution in [0.1, 0.15) is 21.8 Å². The van der Waals surface area contributed by atoms with Crippen LogP contribution in [0.15, 0.2) is 47.0 Å². The Hall–Kier alpha value is -3.42. The van der Waals surface area contributed by atoms with Crippen LogP contribution in [0.3, 0.4) is 0 Å². The van der Waals surface area contributed by atoms with Gasteiger partial charge in [0.15, 0.2) is 11.5 Å². The summed E-state index contributed by atoms with van der Waals surface area (Å²) in [5.74, 6) is 1.99. The topological polar surface area (TPSA) is 102 Å². The molecule has 0 spiro atoms. The number of benzene rings is 1. The van der Waals surface area contributed by atoms with Crippen LogP contribution in [0.25, 0.3) is 0 Å². The highest BCUT2D eigenvalue weighted by Gasteiger charge is 2.11. The van der Waals surface area contributed by atoms with Crippen molar-refractivity contribution in [2.45, 2.75) is 13.3 Å². The van der Waals surface area contributed by atoms with Gasteiger partial charge in [-0.3, -0.25) is 4.79 Å². The van der Waals surface area contributed by atoms with Gasteiger partial charge in [0.05, 0.1) is 7.11 Å². The van der Waals surface area contributed by atoms with Crippen LogP contribution in [0, 0.1) is 6.92 Å². The van der Waals surface area contributed by atoms with Crippen LogP contribution in [0.5, 0.6) is 5.75 Å². The minimum atomic E-state index is -0.395. The Balaban J connectivity index is 1.51. The molecular formula is C18H19N5O3. The number of ether oxygens (including phenoxy) is 1. The molecule has 0 aliphatic rings. The first-order valence-corrected chi connectivity index (χ1v) is 8.09. The van der Waals surface area contributed by atoms with E-state index in [1.54, 1.807) is 32.2 Å². The fourth-order valence-corrected chi connectivity index (χ4v) is 2.32. The van der Waals surface area contributed by atoms with Crippen LogP contribution < -0.4 is 15.4 Å². The largest absolute Gasteiger partial charge is 0.497 e. The van der Waals surface area contributed by atoms with E-state index in [0.717, 1.165) is 17.7 Å². The first-order chi connectivity index (χ1) is 12.6. The predicted molar refractivity (Wildman–Crippen MR) is 96.4 cm³/mol. The molecular weight excluding hydrogens is 334 g/mol. The van der Waals surface area contributed by atoms with Crippen LogP contribution in [0.4, 0.5) is 11.6 Å². The number of hydrogen-bond acceptors (Lipinski definition) is 7. The molecule has 0 bridgehead atoms. The zero-order valence-corrected chi connectivity index (χ0v) is 14.5. The summed E-state index contributed by atoms with van der Waals surface area (Å²) in [5, 5.41) is 17.4. The number of nitrogens with zero attached hydrogens (tertiary/aromatic N) is 3. The fraction of sp³-hybridized carbons (Fsp3) is 0.222. The van der Waals surface area contributed by atoms with E-state index in [0.29, 0.717) is 23.9 Å². The zero-order chi connectivity index (χ0) is 18.4. The molecule has 26 heavy (non-hydrogen) atoms. The monoisotopic (exact) mass is 353 g/mol. The van der Waals surface area contributed by atoms with Crippen molar-refractivity contribution < 1.29 is 14.1 Å². The first kappa shape index (κ1) is 17.4. The Labute approximate surface area is 150 Å². The van der Waals surface area contributed by atoms with Crippen LogP contribution in [0.2, 0.25) is 0 Å². The Morgan fingerprint density at radius 3 is 2.73 bits per heavy atom. The maximum atomic E-state index is 12.1. The van der Waals surface area contributed by atoms with Gasteiger partial charge in [-0.2, -0.15) is 0 Å². The summed E-state index contributed by atoms with van der Waals surface area (Å²) >= 11 is 0. The summed E-state index contributed by atoms with van der Waals surface area (Å²) in [7, 11) is 1.65. The van der Waals surface area contributed by atoms with Crippen LogP contribution in [-0.2, 0) is 6.42 Å². The highest BCUT2D eigenvalue weighted by Crippen LogP contribution is 2.13. The van der Waals surface area contributed by atoms with E-state index in [9.17, 15) is 4.79 Å². The number of methoxy groups -OCH3 is 1. The Morgan fingerprint density at radius 1 is 1.15 bits per heavy atom. The summed E-state index contributed by atoms with van der Waals surface area (Å²) in [6, 6.07) is 12.8. The molecule has 3 rings (SSSR count). The van der Waals surface area contributed by atoms with Gasteiger partial charge in [0.25, 0.3) is 5.91 Å². The van der Waals surface area contributed by atoms with Gasteiger partial charge in [0.1, 0.15) is 17.3 Å². The smallest absolute Gasteiger partial charge is 0.277 e. The van der Waals surface area contributed by atoms with E-state index in [1.165, 1.54) is 0 Å². The summed E-state index contributed by atoms with van der Waals surface area (Å²) < 4.78 is 10.1. The summed E-state index contributed by atoms with van der Waals surface area (Å²) in [6.07, 6.45) is 0.812. The lowest BCUT2D eigenvalue weighted by Crippen LogP contribution is -2.15. The molecule has 0 aliphatic heterocycles. The summed E-state index contributed by atoms with van der Waals surface area (Å²) in [4.78, 5) is 12.1. The van der Waals surface area contributed by atoms with E-state index in [4.69, 9.17) is 9.26 Å². The number of rotatable bonds is 7. The zero-order valence-electron chi connectivity index (χ0n) is 14.5. The third-order valence-corrected chi connectivity index (χ3v) is 3.62. The molecule has 0 atom stereocenters. The van der Waals surface area contributed by atoms with Gasteiger partial charge in [-0.05, 0) is 43.2 Å². The molecule has 3 aromatic rings. The molecule has 1 aromatic carbocycles. The number of hydrogen-bond donors (Lipinski definition) is 2. The van der Waals surface area contributed by atoms with Crippen molar-refractivity contribution in [3.63, 3.8) is 0 Å². The SMILES string of the molecule is COc1cccc(CCNc2ccc(C(=O)Nc3cc(C)on3)nn2)c1. The normalized spacial score (nSPS) is 10.4. The van der Waals surface area contributed by atoms with Crippen LogP contribution in [-0.4, -0.2) is 34.9 Å². The third-order valence-electron chi connectivity index (χ3n) is 3.62. The quantitative estimate of drug-likeness (QED) is 0.673. The second kappa shape index (κ2) is 8.11. The van der Waals surface area contributed by atoms with E-state index < -0.39 is 5.91 Å². The van der Waals surface area contributed by atoms with Gasteiger partial charge in [-0.25, -0.2) is 0 Å². The predicted octanol–water partition coefficient (Wildman–Crippen LogP) is 2.69. The second-order valence-electron chi connectivity index (χ2n) is 5.61. The fourth-order valence-electron chi connectivity index (χ4n) is 2.32. The van der Waals surface area contributed by atoms with E-state index >= 15 is 0 Å². The molecule has 134 valence electrons. The lowest BCUT2D eigenvalue weighted by atomic mass is 10.1.